The van der Waals surface area contributed by atoms with E-state index in [4.69, 9.17) is 22.1 Å². The van der Waals surface area contributed by atoms with Crippen molar-refractivity contribution in [2.45, 2.75) is 13.0 Å². The van der Waals surface area contributed by atoms with Crippen molar-refractivity contribution in [1.29, 1.82) is 5.26 Å². The summed E-state index contributed by atoms with van der Waals surface area (Å²) in [6.07, 6.45) is 0.454. The van der Waals surface area contributed by atoms with Gasteiger partial charge in [0, 0.05) is 17.1 Å². The van der Waals surface area contributed by atoms with E-state index in [0.29, 0.717) is 40.0 Å². The van der Waals surface area contributed by atoms with Gasteiger partial charge in [-0.3, -0.25) is 4.79 Å². The molecule has 6 nitrogen and oxygen atoms in total. The summed E-state index contributed by atoms with van der Waals surface area (Å²) >= 11 is 6.06. The molecule has 0 radical (unpaired) electrons. The van der Waals surface area contributed by atoms with Crippen LogP contribution in [0.25, 0.3) is 0 Å². The number of nitrogens with zero attached hydrogens (tertiary/aromatic N) is 2. The van der Waals surface area contributed by atoms with E-state index in [-0.39, 0.29) is 12.5 Å². The molecule has 3 aromatic rings. The van der Waals surface area contributed by atoms with Crippen LogP contribution in [0.5, 0.6) is 5.75 Å². The minimum atomic E-state index is -0.288. The number of halogens is 1. The Balaban J connectivity index is 1.86. The number of hydrogen-bond donors (Lipinski definition) is 2. The molecule has 0 saturated heterocycles. The number of anilines is 2. The first-order chi connectivity index (χ1) is 13.5. The van der Waals surface area contributed by atoms with Crippen molar-refractivity contribution in [1.82, 2.24) is 4.57 Å². The van der Waals surface area contributed by atoms with Gasteiger partial charge in [0.15, 0.2) is 0 Å². The first-order valence-electron chi connectivity index (χ1n) is 8.57. The van der Waals surface area contributed by atoms with Crippen molar-refractivity contribution in [3.63, 3.8) is 0 Å². The smallest absolute Gasteiger partial charge is 0.244 e. The Kier molecular flexibility index (Phi) is 5.87. The van der Waals surface area contributed by atoms with Crippen LogP contribution in [0, 0.1) is 11.3 Å². The molecular weight excluding hydrogens is 376 g/mol. The number of nitriles is 1. The van der Waals surface area contributed by atoms with Gasteiger partial charge in [0.25, 0.3) is 0 Å². The molecule has 0 atom stereocenters. The topological polar surface area (TPSA) is 93.1 Å². The van der Waals surface area contributed by atoms with Crippen LogP contribution in [0.3, 0.4) is 0 Å². The van der Waals surface area contributed by atoms with Crippen molar-refractivity contribution < 1.29 is 9.53 Å². The average Bonchev–Trinajstić information content (AvgIpc) is 2.97. The van der Waals surface area contributed by atoms with Crippen LogP contribution in [0.1, 0.15) is 17.0 Å². The van der Waals surface area contributed by atoms with Gasteiger partial charge in [-0.25, -0.2) is 0 Å². The Morgan fingerprint density at radius 1 is 1.25 bits per heavy atom. The minimum absolute atomic E-state index is 0.0476. The highest BCUT2D eigenvalue weighted by atomic mass is 35.5. The standard InChI is InChI=1S/C21H19ClN4O2/c1-28-20-8-3-2-7-18(20)25-21(27)13-26-16(12-23)11-17(24)19(26)10-14-5-4-6-15(22)9-14/h2-9,11H,10,13,24H2,1H3,(H,25,27). The number of nitrogen functional groups attached to an aromatic ring is 1. The van der Waals surface area contributed by atoms with Crippen molar-refractivity contribution in [2.75, 3.05) is 18.2 Å². The van der Waals surface area contributed by atoms with Crippen LogP contribution in [-0.2, 0) is 17.8 Å². The molecule has 1 heterocycles. The van der Waals surface area contributed by atoms with E-state index in [1.54, 1.807) is 34.9 Å². The fraction of sp³-hybridized carbons (Fsp3) is 0.143. The van der Waals surface area contributed by atoms with E-state index >= 15 is 0 Å². The summed E-state index contributed by atoms with van der Waals surface area (Å²) in [5.74, 6) is 0.270. The molecule has 3 rings (SSSR count). The van der Waals surface area contributed by atoms with Crippen LogP contribution in [0.2, 0.25) is 5.02 Å². The lowest BCUT2D eigenvalue weighted by Gasteiger charge is -2.13. The third-order valence-corrected chi connectivity index (χ3v) is 4.54. The molecule has 3 N–H and O–H groups in total. The highest BCUT2D eigenvalue weighted by molar-refractivity contribution is 6.30. The Morgan fingerprint density at radius 2 is 2.04 bits per heavy atom. The fourth-order valence-electron chi connectivity index (χ4n) is 3.00. The fourth-order valence-corrected chi connectivity index (χ4v) is 3.21. The number of rotatable bonds is 6. The van der Waals surface area contributed by atoms with Gasteiger partial charge in [-0.2, -0.15) is 5.26 Å². The second-order valence-electron chi connectivity index (χ2n) is 6.18. The van der Waals surface area contributed by atoms with Crippen molar-refractivity contribution in [2.24, 2.45) is 0 Å². The summed E-state index contributed by atoms with van der Waals surface area (Å²) in [7, 11) is 1.54. The predicted octanol–water partition coefficient (Wildman–Crippen LogP) is 3.83. The van der Waals surface area contributed by atoms with Gasteiger partial charge in [-0.15, -0.1) is 0 Å². The SMILES string of the molecule is COc1ccccc1NC(=O)Cn1c(C#N)cc(N)c1Cc1cccc(Cl)c1. The van der Waals surface area contributed by atoms with Gasteiger partial charge in [0.05, 0.1) is 18.5 Å². The number of carbonyl (C=O) groups is 1. The molecule has 2 aromatic carbocycles. The molecule has 1 aromatic heterocycles. The van der Waals surface area contributed by atoms with Gasteiger partial charge in [0.1, 0.15) is 24.1 Å². The first-order valence-corrected chi connectivity index (χ1v) is 8.95. The Labute approximate surface area is 168 Å². The lowest BCUT2D eigenvalue weighted by molar-refractivity contribution is -0.116. The number of benzene rings is 2. The molecule has 142 valence electrons. The summed E-state index contributed by atoms with van der Waals surface area (Å²) in [4.78, 5) is 12.6. The van der Waals surface area contributed by atoms with Gasteiger partial charge in [0.2, 0.25) is 5.91 Å². The summed E-state index contributed by atoms with van der Waals surface area (Å²) in [5, 5.41) is 12.9. The number of nitrogens with one attached hydrogen (secondary N) is 1. The third kappa shape index (κ3) is 4.27. The maximum absolute atomic E-state index is 12.6. The molecule has 0 spiro atoms. The zero-order valence-electron chi connectivity index (χ0n) is 15.3. The van der Waals surface area contributed by atoms with E-state index in [0.717, 1.165) is 5.56 Å². The molecule has 0 aliphatic carbocycles. The largest absolute Gasteiger partial charge is 0.495 e. The van der Waals surface area contributed by atoms with Gasteiger partial charge < -0.3 is 20.4 Å². The number of methoxy groups -OCH3 is 1. The number of amides is 1. The zero-order valence-corrected chi connectivity index (χ0v) is 16.0. The predicted molar refractivity (Wildman–Crippen MR) is 109 cm³/mol. The maximum Gasteiger partial charge on any atom is 0.244 e. The highest BCUT2D eigenvalue weighted by Gasteiger charge is 2.17. The number of hydrogen-bond acceptors (Lipinski definition) is 4. The number of para-hydroxylation sites is 2. The number of ether oxygens (including phenoxy) is 1. The van der Waals surface area contributed by atoms with Crippen molar-refractivity contribution in [3.05, 3.63) is 76.6 Å². The van der Waals surface area contributed by atoms with E-state index in [2.05, 4.69) is 11.4 Å². The summed E-state index contributed by atoms with van der Waals surface area (Å²) in [6.45, 7) is -0.0476. The molecule has 0 saturated carbocycles. The molecule has 1 amide bonds. The van der Waals surface area contributed by atoms with Crippen LogP contribution in [0.15, 0.2) is 54.6 Å². The summed E-state index contributed by atoms with van der Waals surface area (Å²) < 4.78 is 6.88. The van der Waals surface area contributed by atoms with E-state index in [9.17, 15) is 10.1 Å². The number of nitrogens with two attached hydrogens (primary N) is 1. The zero-order chi connectivity index (χ0) is 20.1. The summed E-state index contributed by atoms with van der Waals surface area (Å²) in [6, 6.07) is 18.2. The molecule has 0 fully saturated rings. The van der Waals surface area contributed by atoms with E-state index < -0.39 is 0 Å². The molecule has 28 heavy (non-hydrogen) atoms. The van der Waals surface area contributed by atoms with Crippen LogP contribution in [-0.4, -0.2) is 17.6 Å². The highest BCUT2D eigenvalue weighted by Crippen LogP contribution is 2.25. The molecule has 0 aliphatic heterocycles. The maximum atomic E-state index is 12.6. The van der Waals surface area contributed by atoms with Crippen molar-refractivity contribution in [3.8, 4) is 11.8 Å². The lowest BCUT2D eigenvalue weighted by atomic mass is 10.1. The Bertz CT molecular complexity index is 1050. The molecular formula is C21H19ClN4O2. The Hall–Kier alpha value is -3.43. The van der Waals surface area contributed by atoms with Gasteiger partial charge in [-0.1, -0.05) is 35.9 Å². The first kappa shape index (κ1) is 19.3. The van der Waals surface area contributed by atoms with Crippen LogP contribution in [0.4, 0.5) is 11.4 Å². The second-order valence-corrected chi connectivity index (χ2v) is 6.62. The average molecular weight is 395 g/mol. The third-order valence-electron chi connectivity index (χ3n) is 4.30. The normalized spacial score (nSPS) is 10.3. The minimum Gasteiger partial charge on any atom is -0.495 e. The van der Waals surface area contributed by atoms with Crippen LogP contribution >= 0.6 is 11.6 Å². The lowest BCUT2D eigenvalue weighted by Crippen LogP contribution is -2.21. The van der Waals surface area contributed by atoms with Crippen LogP contribution < -0.4 is 15.8 Å². The van der Waals surface area contributed by atoms with Gasteiger partial charge in [-0.05, 0) is 35.9 Å². The van der Waals surface area contributed by atoms with Crippen molar-refractivity contribution >= 4 is 28.9 Å². The second kappa shape index (κ2) is 8.51. The Morgan fingerprint density at radius 3 is 2.75 bits per heavy atom. The molecule has 0 aliphatic rings. The van der Waals surface area contributed by atoms with Gasteiger partial charge >= 0.3 is 0 Å². The molecule has 0 bridgehead atoms. The number of carbonyl (C=O) groups excluding carboxylic acids is 1. The molecule has 0 unspecified atom stereocenters. The monoisotopic (exact) mass is 394 g/mol. The van der Waals surface area contributed by atoms with E-state index in [1.165, 1.54) is 7.11 Å². The summed E-state index contributed by atoms with van der Waals surface area (Å²) in [5.41, 5.74) is 9.09. The molecule has 7 heteroatoms. The van der Waals surface area contributed by atoms with E-state index in [1.807, 2.05) is 24.3 Å². The quantitative estimate of drug-likeness (QED) is 0.664. The number of aromatic nitrogens is 1.